The van der Waals surface area contributed by atoms with E-state index in [1.807, 2.05) is 59.0 Å². The lowest BCUT2D eigenvalue weighted by Gasteiger charge is -2.35. The van der Waals surface area contributed by atoms with Crippen molar-refractivity contribution in [3.8, 4) is 0 Å². The number of hydrogen-bond donors (Lipinski definition) is 0. The summed E-state index contributed by atoms with van der Waals surface area (Å²) in [5, 5.41) is 1.67. The lowest BCUT2D eigenvalue weighted by atomic mass is 10.2. The number of carbonyl (C=O) groups is 1. The van der Waals surface area contributed by atoms with Crippen LogP contribution in [0, 0.1) is 0 Å². The number of aryl methyl sites for hydroxylation is 1. The van der Waals surface area contributed by atoms with E-state index >= 15 is 0 Å². The quantitative estimate of drug-likeness (QED) is 0.709. The summed E-state index contributed by atoms with van der Waals surface area (Å²) in [6.07, 6.45) is 1.80. The predicted octanol–water partition coefficient (Wildman–Crippen LogP) is 3.19. The van der Waals surface area contributed by atoms with Gasteiger partial charge >= 0.3 is 0 Å². The highest BCUT2D eigenvalue weighted by atomic mass is 35.5. The number of benzene rings is 1. The van der Waals surface area contributed by atoms with Crippen LogP contribution in [0.4, 0.5) is 5.82 Å². The summed E-state index contributed by atoms with van der Waals surface area (Å²) < 4.78 is 1.94. The number of anilines is 1. The van der Waals surface area contributed by atoms with Crippen molar-refractivity contribution < 1.29 is 4.79 Å². The topological polar surface area (TPSA) is 41.4 Å². The van der Waals surface area contributed by atoms with Gasteiger partial charge in [0.15, 0.2) is 0 Å². The van der Waals surface area contributed by atoms with E-state index in [0.717, 1.165) is 29.8 Å². The second-order valence-electron chi connectivity index (χ2n) is 6.26. The summed E-state index contributed by atoms with van der Waals surface area (Å²) in [5.41, 5.74) is 1.71. The Labute approximate surface area is 151 Å². The molecule has 0 unspecified atom stereocenters. The van der Waals surface area contributed by atoms with Gasteiger partial charge in [-0.25, -0.2) is 4.98 Å². The predicted molar refractivity (Wildman–Crippen MR) is 100 cm³/mol. The highest BCUT2D eigenvalue weighted by Gasteiger charge is 2.25. The van der Waals surface area contributed by atoms with Crippen molar-refractivity contribution in [3.05, 3.63) is 59.4 Å². The molecule has 6 heteroatoms. The van der Waals surface area contributed by atoms with E-state index < -0.39 is 0 Å². The molecule has 2 aromatic heterocycles. The number of pyridine rings is 1. The highest BCUT2D eigenvalue weighted by molar-refractivity contribution is 6.31. The van der Waals surface area contributed by atoms with Crippen molar-refractivity contribution >= 4 is 34.2 Å². The van der Waals surface area contributed by atoms with Gasteiger partial charge in [0.2, 0.25) is 0 Å². The third-order valence-corrected chi connectivity index (χ3v) is 5.00. The van der Waals surface area contributed by atoms with Crippen LogP contribution in [-0.4, -0.2) is 46.5 Å². The second-order valence-corrected chi connectivity index (χ2v) is 6.70. The van der Waals surface area contributed by atoms with E-state index in [0.29, 0.717) is 23.8 Å². The average molecular weight is 355 g/mol. The Kier molecular flexibility index (Phi) is 4.09. The maximum Gasteiger partial charge on any atom is 0.270 e. The molecule has 1 aliphatic heterocycles. The van der Waals surface area contributed by atoms with E-state index in [1.165, 1.54) is 0 Å². The van der Waals surface area contributed by atoms with E-state index in [-0.39, 0.29) is 5.91 Å². The van der Waals surface area contributed by atoms with Gasteiger partial charge in [0.1, 0.15) is 11.5 Å². The SMILES string of the molecule is Cn1c(C(=O)N2CCN(c3ccccn3)CC2)cc2cc(Cl)ccc21. The molecule has 0 saturated carbocycles. The van der Waals surface area contributed by atoms with Crippen LogP contribution in [0.2, 0.25) is 5.02 Å². The number of piperazine rings is 1. The third kappa shape index (κ3) is 2.96. The molecule has 3 heterocycles. The Morgan fingerprint density at radius 2 is 1.88 bits per heavy atom. The Morgan fingerprint density at radius 1 is 1.08 bits per heavy atom. The molecule has 25 heavy (non-hydrogen) atoms. The molecule has 1 aliphatic rings. The number of rotatable bonds is 2. The van der Waals surface area contributed by atoms with Crippen LogP contribution in [0.15, 0.2) is 48.7 Å². The Balaban J connectivity index is 1.52. The van der Waals surface area contributed by atoms with Gasteiger partial charge in [-0.05, 0) is 36.4 Å². The van der Waals surface area contributed by atoms with Crippen LogP contribution in [0.5, 0.6) is 0 Å². The number of aromatic nitrogens is 2. The monoisotopic (exact) mass is 354 g/mol. The van der Waals surface area contributed by atoms with Gasteiger partial charge in [-0.15, -0.1) is 0 Å². The number of hydrogen-bond acceptors (Lipinski definition) is 3. The zero-order valence-electron chi connectivity index (χ0n) is 14.0. The van der Waals surface area contributed by atoms with Crippen LogP contribution in [0.1, 0.15) is 10.5 Å². The van der Waals surface area contributed by atoms with Gasteiger partial charge in [0.25, 0.3) is 5.91 Å². The standard InChI is InChI=1S/C19H19ClN4O/c1-22-16-6-5-15(20)12-14(16)13-17(22)19(25)24-10-8-23(9-11-24)18-4-2-3-7-21-18/h2-7,12-13H,8-11H2,1H3. The first-order chi connectivity index (χ1) is 12.1. The third-order valence-electron chi connectivity index (χ3n) is 4.76. The van der Waals surface area contributed by atoms with Crippen molar-refractivity contribution in [1.82, 2.24) is 14.5 Å². The molecule has 1 saturated heterocycles. The molecule has 128 valence electrons. The molecule has 1 aromatic carbocycles. The normalized spacial score (nSPS) is 15.0. The molecule has 5 nitrogen and oxygen atoms in total. The molecule has 0 atom stereocenters. The maximum absolute atomic E-state index is 13.0. The fourth-order valence-electron chi connectivity index (χ4n) is 3.37. The Bertz CT molecular complexity index is 914. The molecular weight excluding hydrogens is 336 g/mol. The largest absolute Gasteiger partial charge is 0.353 e. The molecule has 1 amide bonds. The molecule has 3 aromatic rings. The average Bonchev–Trinajstić information content (AvgIpc) is 2.98. The smallest absolute Gasteiger partial charge is 0.270 e. The number of fused-ring (bicyclic) bond motifs is 1. The van der Waals surface area contributed by atoms with Gasteiger partial charge in [0, 0.05) is 55.3 Å². The van der Waals surface area contributed by atoms with E-state index in [1.54, 1.807) is 6.20 Å². The molecule has 0 N–H and O–H groups in total. The second kappa shape index (κ2) is 6.41. The number of carbonyl (C=O) groups excluding carboxylic acids is 1. The molecule has 0 bridgehead atoms. The molecular formula is C19H19ClN4O. The fourth-order valence-corrected chi connectivity index (χ4v) is 3.55. The van der Waals surface area contributed by atoms with Crippen LogP contribution in [0.3, 0.4) is 0 Å². The summed E-state index contributed by atoms with van der Waals surface area (Å²) in [6.45, 7) is 2.96. The first-order valence-corrected chi connectivity index (χ1v) is 8.71. The number of amides is 1. The maximum atomic E-state index is 13.0. The minimum atomic E-state index is 0.0653. The summed E-state index contributed by atoms with van der Waals surface area (Å²) in [7, 11) is 1.92. The number of nitrogens with zero attached hydrogens (tertiary/aromatic N) is 4. The minimum absolute atomic E-state index is 0.0653. The zero-order chi connectivity index (χ0) is 17.4. The number of halogens is 1. The minimum Gasteiger partial charge on any atom is -0.353 e. The summed E-state index contributed by atoms with van der Waals surface area (Å²) in [5.74, 6) is 1.03. The van der Waals surface area contributed by atoms with Gasteiger partial charge in [-0.2, -0.15) is 0 Å². The van der Waals surface area contributed by atoms with E-state index in [2.05, 4.69) is 9.88 Å². The summed E-state index contributed by atoms with van der Waals surface area (Å²) in [6, 6.07) is 13.5. The first-order valence-electron chi connectivity index (χ1n) is 8.34. The van der Waals surface area contributed by atoms with Crippen LogP contribution in [-0.2, 0) is 7.05 Å². The van der Waals surface area contributed by atoms with Gasteiger partial charge in [0.05, 0.1) is 0 Å². The summed E-state index contributed by atoms with van der Waals surface area (Å²) in [4.78, 5) is 21.5. The lowest BCUT2D eigenvalue weighted by Crippen LogP contribution is -2.49. The fraction of sp³-hybridized carbons (Fsp3) is 0.263. The van der Waals surface area contributed by atoms with Crippen molar-refractivity contribution in [2.45, 2.75) is 0 Å². The van der Waals surface area contributed by atoms with Crippen LogP contribution >= 0.6 is 11.6 Å². The van der Waals surface area contributed by atoms with Gasteiger partial charge in [-0.1, -0.05) is 17.7 Å². The van der Waals surface area contributed by atoms with Crippen molar-refractivity contribution in [3.63, 3.8) is 0 Å². The summed E-state index contributed by atoms with van der Waals surface area (Å²) >= 11 is 6.07. The van der Waals surface area contributed by atoms with Crippen LogP contribution < -0.4 is 4.90 Å². The van der Waals surface area contributed by atoms with Crippen molar-refractivity contribution in [1.29, 1.82) is 0 Å². The van der Waals surface area contributed by atoms with E-state index in [4.69, 9.17) is 11.6 Å². The molecule has 0 aliphatic carbocycles. The molecule has 0 spiro atoms. The van der Waals surface area contributed by atoms with Crippen molar-refractivity contribution in [2.24, 2.45) is 7.05 Å². The molecule has 1 fully saturated rings. The van der Waals surface area contributed by atoms with E-state index in [9.17, 15) is 4.79 Å². The van der Waals surface area contributed by atoms with Crippen molar-refractivity contribution in [2.75, 3.05) is 31.1 Å². The zero-order valence-corrected chi connectivity index (χ0v) is 14.8. The molecule has 4 rings (SSSR count). The van der Waals surface area contributed by atoms with Crippen LogP contribution in [0.25, 0.3) is 10.9 Å². The Morgan fingerprint density at radius 3 is 2.60 bits per heavy atom. The first kappa shape index (κ1) is 16.0. The van der Waals surface area contributed by atoms with Gasteiger partial charge < -0.3 is 14.4 Å². The van der Waals surface area contributed by atoms with Gasteiger partial charge in [-0.3, -0.25) is 4.79 Å². The molecule has 0 radical (unpaired) electrons. The highest BCUT2D eigenvalue weighted by Crippen LogP contribution is 2.24. The lowest BCUT2D eigenvalue weighted by molar-refractivity contribution is 0.0737. The Hall–Kier alpha value is -2.53.